The number of carbonyl (C=O) groups excluding carboxylic acids is 1. The van der Waals surface area contributed by atoms with Gasteiger partial charge in [-0.2, -0.15) is 0 Å². The molecule has 0 saturated carbocycles. The summed E-state index contributed by atoms with van der Waals surface area (Å²) < 4.78 is 24.0. The van der Waals surface area contributed by atoms with Crippen molar-refractivity contribution in [3.05, 3.63) is 0 Å². The third-order valence-corrected chi connectivity index (χ3v) is 4.97. The molecule has 1 fully saturated rings. The summed E-state index contributed by atoms with van der Waals surface area (Å²) in [6, 6.07) is -0.0315. The zero-order chi connectivity index (χ0) is 14.5. The van der Waals surface area contributed by atoms with E-state index in [4.69, 9.17) is 5.11 Å². The van der Waals surface area contributed by atoms with Gasteiger partial charge in [-0.15, -0.1) is 11.8 Å². The highest BCUT2D eigenvalue weighted by atomic mass is 32.2. The van der Waals surface area contributed by atoms with Crippen LogP contribution in [0.2, 0.25) is 0 Å². The molecule has 0 bridgehead atoms. The molecule has 0 aromatic carbocycles. The smallest absolute Gasteiger partial charge is 0.313 e. The van der Waals surface area contributed by atoms with Crippen LogP contribution in [0.25, 0.3) is 0 Å². The first-order valence-corrected chi connectivity index (χ1v) is 8.83. The van der Waals surface area contributed by atoms with Gasteiger partial charge in [0, 0.05) is 19.1 Å². The number of aliphatic carboxylic acids is 1. The van der Waals surface area contributed by atoms with E-state index in [1.54, 1.807) is 0 Å². The summed E-state index contributed by atoms with van der Waals surface area (Å²) in [4.78, 5) is 21.8. The van der Waals surface area contributed by atoms with Gasteiger partial charge in [-0.25, -0.2) is 12.7 Å². The molecule has 0 unspecified atom stereocenters. The van der Waals surface area contributed by atoms with Gasteiger partial charge >= 0.3 is 5.97 Å². The van der Waals surface area contributed by atoms with Crippen LogP contribution in [0.15, 0.2) is 0 Å². The van der Waals surface area contributed by atoms with Gasteiger partial charge in [-0.1, -0.05) is 0 Å². The lowest BCUT2D eigenvalue weighted by atomic mass is 10.1. The van der Waals surface area contributed by atoms with Gasteiger partial charge in [0.2, 0.25) is 15.9 Å². The van der Waals surface area contributed by atoms with E-state index in [0.29, 0.717) is 25.9 Å². The van der Waals surface area contributed by atoms with Crippen LogP contribution in [0, 0.1) is 0 Å². The number of hydrogen-bond donors (Lipinski definition) is 2. The topological polar surface area (TPSA) is 104 Å². The largest absolute Gasteiger partial charge is 0.481 e. The number of sulfonamides is 1. The van der Waals surface area contributed by atoms with Crippen molar-refractivity contribution in [2.45, 2.75) is 18.9 Å². The van der Waals surface area contributed by atoms with E-state index in [1.807, 2.05) is 0 Å². The molecule has 7 nitrogen and oxygen atoms in total. The van der Waals surface area contributed by atoms with Crippen LogP contribution in [0.1, 0.15) is 12.8 Å². The standard InChI is InChI=1S/C10H18N2O5S2/c1-19(16,17)12-4-2-8(3-5-12)11-9(13)6-18-7-10(14)15/h8H,2-7H2,1H3,(H,11,13)(H,14,15). The van der Waals surface area contributed by atoms with E-state index in [0.717, 1.165) is 11.8 Å². The molecule has 1 rings (SSSR count). The average molecular weight is 310 g/mol. The van der Waals surface area contributed by atoms with Gasteiger partial charge in [-0.05, 0) is 12.8 Å². The first-order chi connectivity index (χ1) is 8.79. The lowest BCUT2D eigenvalue weighted by molar-refractivity contribution is -0.133. The van der Waals surface area contributed by atoms with Gasteiger partial charge < -0.3 is 10.4 Å². The van der Waals surface area contributed by atoms with E-state index < -0.39 is 16.0 Å². The molecule has 0 atom stereocenters. The minimum atomic E-state index is -3.15. The second-order valence-electron chi connectivity index (χ2n) is 4.39. The first kappa shape index (κ1) is 16.3. The maximum atomic E-state index is 11.5. The fraction of sp³-hybridized carbons (Fsp3) is 0.800. The Labute approximate surface area is 116 Å². The molecule has 2 N–H and O–H groups in total. The molecule has 0 spiro atoms. The van der Waals surface area contributed by atoms with Gasteiger partial charge in [0.1, 0.15) is 0 Å². The zero-order valence-corrected chi connectivity index (χ0v) is 12.3. The van der Waals surface area contributed by atoms with Crippen molar-refractivity contribution in [1.29, 1.82) is 0 Å². The van der Waals surface area contributed by atoms with E-state index >= 15 is 0 Å². The SMILES string of the molecule is CS(=O)(=O)N1CCC(NC(=O)CSCC(=O)O)CC1. The molecule has 0 radical (unpaired) electrons. The number of nitrogens with zero attached hydrogens (tertiary/aromatic N) is 1. The Hall–Kier alpha value is -0.800. The van der Waals surface area contributed by atoms with E-state index in [1.165, 1.54) is 10.6 Å². The predicted octanol–water partition coefficient (Wildman–Crippen LogP) is -0.656. The molecule has 1 aliphatic heterocycles. The lowest BCUT2D eigenvalue weighted by Crippen LogP contribution is -2.46. The van der Waals surface area contributed by atoms with E-state index in [2.05, 4.69) is 5.32 Å². The van der Waals surface area contributed by atoms with Crippen molar-refractivity contribution >= 4 is 33.7 Å². The molecule has 19 heavy (non-hydrogen) atoms. The van der Waals surface area contributed by atoms with E-state index in [9.17, 15) is 18.0 Å². The van der Waals surface area contributed by atoms with Crippen molar-refractivity contribution in [2.75, 3.05) is 30.9 Å². The van der Waals surface area contributed by atoms with Gasteiger partial charge in [0.25, 0.3) is 0 Å². The van der Waals surface area contributed by atoms with Crippen LogP contribution < -0.4 is 5.32 Å². The number of carbonyl (C=O) groups is 2. The Morgan fingerprint density at radius 2 is 1.89 bits per heavy atom. The molecule has 110 valence electrons. The molecular formula is C10H18N2O5S2. The monoisotopic (exact) mass is 310 g/mol. The van der Waals surface area contributed by atoms with Gasteiger partial charge in [0.05, 0.1) is 17.8 Å². The summed E-state index contributed by atoms with van der Waals surface area (Å²) in [5, 5.41) is 11.2. The normalized spacial score (nSPS) is 18.2. The fourth-order valence-electron chi connectivity index (χ4n) is 1.83. The second kappa shape index (κ2) is 7.11. The van der Waals surface area contributed by atoms with Gasteiger partial charge in [-0.3, -0.25) is 9.59 Å². The Balaban J connectivity index is 2.25. The summed E-state index contributed by atoms with van der Waals surface area (Å²) in [5.74, 6) is -1.14. The molecule has 1 heterocycles. The number of rotatable bonds is 6. The zero-order valence-electron chi connectivity index (χ0n) is 10.7. The van der Waals surface area contributed by atoms with Crippen LogP contribution in [-0.4, -0.2) is 66.6 Å². The van der Waals surface area contributed by atoms with Crippen LogP contribution in [-0.2, 0) is 19.6 Å². The minimum absolute atomic E-state index is 0.0315. The summed E-state index contributed by atoms with van der Waals surface area (Å²) >= 11 is 1.04. The van der Waals surface area contributed by atoms with Crippen molar-refractivity contribution in [3.8, 4) is 0 Å². The Bertz CT molecular complexity index is 429. The van der Waals surface area contributed by atoms with Crippen molar-refractivity contribution < 1.29 is 23.1 Å². The van der Waals surface area contributed by atoms with Crippen LogP contribution in [0.4, 0.5) is 0 Å². The molecular weight excluding hydrogens is 292 g/mol. The van der Waals surface area contributed by atoms with Crippen molar-refractivity contribution in [1.82, 2.24) is 9.62 Å². The van der Waals surface area contributed by atoms with Crippen LogP contribution in [0.3, 0.4) is 0 Å². The summed E-state index contributed by atoms with van der Waals surface area (Å²) in [5.41, 5.74) is 0. The molecule has 9 heteroatoms. The highest BCUT2D eigenvalue weighted by molar-refractivity contribution is 8.00. The highest BCUT2D eigenvalue weighted by Gasteiger charge is 2.25. The van der Waals surface area contributed by atoms with Crippen LogP contribution in [0.5, 0.6) is 0 Å². The predicted molar refractivity (Wildman–Crippen MR) is 72.5 cm³/mol. The molecule has 0 aromatic rings. The highest BCUT2D eigenvalue weighted by Crippen LogP contribution is 2.13. The quantitative estimate of drug-likeness (QED) is 0.675. The van der Waals surface area contributed by atoms with Crippen LogP contribution >= 0.6 is 11.8 Å². The maximum absolute atomic E-state index is 11.5. The third-order valence-electron chi connectivity index (χ3n) is 2.75. The lowest BCUT2D eigenvalue weighted by Gasteiger charge is -2.30. The Morgan fingerprint density at radius 3 is 2.37 bits per heavy atom. The molecule has 1 saturated heterocycles. The molecule has 0 aromatic heterocycles. The summed E-state index contributed by atoms with van der Waals surface area (Å²) in [6.07, 6.45) is 2.35. The fourth-order valence-corrected chi connectivity index (χ4v) is 3.25. The molecule has 1 aliphatic rings. The number of piperidine rings is 1. The average Bonchev–Trinajstić information content (AvgIpc) is 2.27. The number of amides is 1. The first-order valence-electron chi connectivity index (χ1n) is 5.83. The van der Waals surface area contributed by atoms with E-state index in [-0.39, 0.29) is 23.5 Å². The Kier molecular flexibility index (Phi) is 6.08. The molecule has 0 aliphatic carbocycles. The number of nitrogens with one attached hydrogen (secondary N) is 1. The number of carboxylic acids is 1. The third kappa shape index (κ3) is 6.26. The van der Waals surface area contributed by atoms with Gasteiger partial charge in [0.15, 0.2) is 0 Å². The minimum Gasteiger partial charge on any atom is -0.481 e. The Morgan fingerprint density at radius 1 is 1.32 bits per heavy atom. The summed E-state index contributed by atoms with van der Waals surface area (Å²) in [6.45, 7) is 0.818. The number of thioether (sulfide) groups is 1. The maximum Gasteiger partial charge on any atom is 0.313 e. The van der Waals surface area contributed by atoms with Crippen molar-refractivity contribution in [2.24, 2.45) is 0 Å². The number of carboxylic acid groups (broad SMARTS) is 1. The second-order valence-corrected chi connectivity index (χ2v) is 7.36. The number of hydrogen-bond acceptors (Lipinski definition) is 5. The van der Waals surface area contributed by atoms with Crippen molar-refractivity contribution in [3.63, 3.8) is 0 Å². The summed E-state index contributed by atoms with van der Waals surface area (Å²) in [7, 11) is -3.15. The molecule has 1 amide bonds.